The molecule has 0 aromatic rings. The fourth-order valence-corrected chi connectivity index (χ4v) is 1.43. The van der Waals surface area contributed by atoms with Gasteiger partial charge in [0.05, 0.1) is 0 Å². The Morgan fingerprint density at radius 3 is 2.28 bits per heavy atom. The Hall–Kier alpha value is -1.85. The van der Waals surface area contributed by atoms with Gasteiger partial charge in [-0.05, 0) is 19.8 Å². The molecule has 0 radical (unpaired) electrons. The number of nitrogens with one attached hydrogen (secondary N) is 1. The Morgan fingerprint density at radius 1 is 1.22 bits per heavy atom. The van der Waals surface area contributed by atoms with Gasteiger partial charge >= 0.3 is 11.9 Å². The number of amides is 1. The van der Waals surface area contributed by atoms with Crippen molar-refractivity contribution in [3.63, 3.8) is 0 Å². The van der Waals surface area contributed by atoms with Gasteiger partial charge in [0, 0.05) is 12.5 Å². The number of rotatable bonds is 8. The molecule has 1 unspecified atom stereocenters. The van der Waals surface area contributed by atoms with E-state index in [2.05, 4.69) is 5.32 Å². The van der Waals surface area contributed by atoms with Crippen LogP contribution in [0.25, 0.3) is 0 Å². The normalized spacial score (nSPS) is 12.9. The Balaban J connectivity index is 4.41. The predicted octanol–water partition coefficient (Wildman–Crippen LogP) is 1.17. The summed E-state index contributed by atoms with van der Waals surface area (Å²) in [7, 11) is 0. The van der Waals surface area contributed by atoms with Crippen molar-refractivity contribution in [3.8, 4) is 0 Å². The summed E-state index contributed by atoms with van der Waals surface area (Å²) in [5, 5.41) is 19.6. The molecular formula is C12H19NO5. The van der Waals surface area contributed by atoms with E-state index in [0.29, 0.717) is 0 Å². The molecule has 0 spiro atoms. The minimum atomic E-state index is -1.23. The number of allylic oxidation sites excluding steroid dienone is 1. The molecular weight excluding hydrogens is 238 g/mol. The smallest absolute Gasteiger partial charge is 0.326 e. The molecule has 0 aliphatic carbocycles. The summed E-state index contributed by atoms with van der Waals surface area (Å²) >= 11 is 0. The van der Waals surface area contributed by atoms with Crippen molar-refractivity contribution in [2.24, 2.45) is 0 Å². The third-order valence-corrected chi connectivity index (χ3v) is 2.28. The lowest BCUT2D eigenvalue weighted by Crippen LogP contribution is -2.40. The molecule has 0 aromatic carbocycles. The molecule has 0 rings (SSSR count). The Bertz CT molecular complexity index is 348. The summed E-state index contributed by atoms with van der Waals surface area (Å²) in [5.41, 5.74) is 0.859. The molecule has 0 aromatic heterocycles. The highest BCUT2D eigenvalue weighted by Crippen LogP contribution is 2.03. The van der Waals surface area contributed by atoms with Gasteiger partial charge in [-0.3, -0.25) is 9.59 Å². The van der Waals surface area contributed by atoms with Gasteiger partial charge in [0.1, 0.15) is 6.04 Å². The third kappa shape index (κ3) is 7.43. The van der Waals surface area contributed by atoms with Crippen molar-refractivity contribution >= 4 is 17.8 Å². The lowest BCUT2D eigenvalue weighted by Gasteiger charge is -2.12. The summed E-state index contributed by atoms with van der Waals surface area (Å²) in [4.78, 5) is 32.7. The topological polar surface area (TPSA) is 104 Å². The van der Waals surface area contributed by atoms with Crippen molar-refractivity contribution in [3.05, 3.63) is 11.6 Å². The van der Waals surface area contributed by atoms with Crippen LogP contribution in [0, 0.1) is 0 Å². The summed E-state index contributed by atoms with van der Waals surface area (Å²) in [6, 6.07) is -1.17. The van der Waals surface area contributed by atoms with Crippen molar-refractivity contribution in [1.29, 1.82) is 0 Å². The molecule has 1 atom stereocenters. The van der Waals surface area contributed by atoms with Gasteiger partial charge in [-0.2, -0.15) is 0 Å². The quantitative estimate of drug-likeness (QED) is 0.566. The Kier molecular flexibility index (Phi) is 7.42. The first-order valence-corrected chi connectivity index (χ1v) is 5.79. The minimum absolute atomic E-state index is 0.128. The summed E-state index contributed by atoms with van der Waals surface area (Å²) in [5.74, 6) is -2.82. The molecule has 0 aliphatic rings. The number of hydrogen-bond acceptors (Lipinski definition) is 3. The summed E-state index contributed by atoms with van der Waals surface area (Å²) < 4.78 is 0. The van der Waals surface area contributed by atoms with Gasteiger partial charge < -0.3 is 15.5 Å². The Labute approximate surface area is 106 Å². The second-order valence-electron chi connectivity index (χ2n) is 4.07. The van der Waals surface area contributed by atoms with Gasteiger partial charge in [0.15, 0.2) is 0 Å². The zero-order valence-corrected chi connectivity index (χ0v) is 10.6. The molecule has 0 saturated heterocycles. The maximum atomic E-state index is 11.5. The number of carbonyl (C=O) groups excluding carboxylic acids is 1. The minimum Gasteiger partial charge on any atom is -0.481 e. The molecule has 1 amide bonds. The average Bonchev–Trinajstić information content (AvgIpc) is 2.23. The second-order valence-corrected chi connectivity index (χ2v) is 4.07. The van der Waals surface area contributed by atoms with Crippen LogP contribution in [0.1, 0.15) is 39.5 Å². The number of carbonyl (C=O) groups is 3. The average molecular weight is 257 g/mol. The highest BCUT2D eigenvalue weighted by Gasteiger charge is 2.19. The van der Waals surface area contributed by atoms with E-state index in [4.69, 9.17) is 10.2 Å². The molecule has 3 N–H and O–H groups in total. The van der Waals surface area contributed by atoms with Crippen molar-refractivity contribution in [2.45, 2.75) is 45.6 Å². The third-order valence-electron chi connectivity index (χ3n) is 2.28. The fourth-order valence-electron chi connectivity index (χ4n) is 1.43. The second kappa shape index (κ2) is 8.27. The van der Waals surface area contributed by atoms with E-state index in [1.54, 1.807) is 6.92 Å². The highest BCUT2D eigenvalue weighted by atomic mass is 16.4. The summed E-state index contributed by atoms with van der Waals surface area (Å²) in [6.07, 6.45) is 2.59. The van der Waals surface area contributed by atoms with Crippen LogP contribution >= 0.6 is 0 Å². The van der Waals surface area contributed by atoms with Crippen molar-refractivity contribution < 1.29 is 24.6 Å². The van der Waals surface area contributed by atoms with E-state index in [-0.39, 0.29) is 12.8 Å². The van der Waals surface area contributed by atoms with Crippen LogP contribution in [-0.4, -0.2) is 34.1 Å². The van der Waals surface area contributed by atoms with E-state index in [1.165, 1.54) is 6.08 Å². The monoisotopic (exact) mass is 257 g/mol. The Morgan fingerprint density at radius 2 is 1.83 bits per heavy atom. The maximum Gasteiger partial charge on any atom is 0.326 e. The predicted molar refractivity (Wildman–Crippen MR) is 65.1 cm³/mol. The van der Waals surface area contributed by atoms with Crippen molar-refractivity contribution in [2.75, 3.05) is 0 Å². The molecule has 0 heterocycles. The van der Waals surface area contributed by atoms with E-state index in [0.717, 1.165) is 18.4 Å². The van der Waals surface area contributed by atoms with E-state index in [1.807, 2.05) is 6.92 Å². The maximum absolute atomic E-state index is 11.5. The van der Waals surface area contributed by atoms with Crippen LogP contribution < -0.4 is 5.32 Å². The van der Waals surface area contributed by atoms with Crippen LogP contribution in [0.2, 0.25) is 0 Å². The van der Waals surface area contributed by atoms with Gasteiger partial charge in [0.25, 0.3) is 0 Å². The summed E-state index contributed by atoms with van der Waals surface area (Å²) in [6.45, 7) is 3.76. The first kappa shape index (κ1) is 16.1. The molecule has 18 heavy (non-hydrogen) atoms. The number of aliphatic carboxylic acids is 2. The standard InChI is InChI=1S/C12H19NO5/c1-3-4-8(2)7-10(14)13-9(12(17)18)5-6-11(15)16/h7,9H,3-6H2,1-2H3,(H,13,14)(H,15,16)(H,17,18). The SMILES string of the molecule is CCCC(C)=CC(=O)NC(CCC(=O)O)C(=O)O. The number of carboxylic acids is 2. The van der Waals surface area contributed by atoms with E-state index < -0.39 is 23.9 Å². The molecule has 102 valence electrons. The molecule has 0 bridgehead atoms. The number of hydrogen-bond donors (Lipinski definition) is 3. The van der Waals surface area contributed by atoms with Crippen LogP contribution in [0.15, 0.2) is 11.6 Å². The zero-order valence-electron chi connectivity index (χ0n) is 10.6. The zero-order chi connectivity index (χ0) is 14.1. The highest BCUT2D eigenvalue weighted by molar-refractivity contribution is 5.91. The first-order valence-electron chi connectivity index (χ1n) is 5.79. The number of carboxylic acid groups (broad SMARTS) is 2. The van der Waals surface area contributed by atoms with Crippen LogP contribution in [0.3, 0.4) is 0 Å². The van der Waals surface area contributed by atoms with Crippen LogP contribution in [0.4, 0.5) is 0 Å². The molecule has 6 nitrogen and oxygen atoms in total. The van der Waals surface area contributed by atoms with Gasteiger partial charge in [0.2, 0.25) is 5.91 Å². The fraction of sp³-hybridized carbons (Fsp3) is 0.583. The van der Waals surface area contributed by atoms with Crippen LogP contribution in [-0.2, 0) is 14.4 Å². The lowest BCUT2D eigenvalue weighted by atomic mass is 10.1. The van der Waals surface area contributed by atoms with Gasteiger partial charge in [-0.15, -0.1) is 0 Å². The van der Waals surface area contributed by atoms with Crippen molar-refractivity contribution in [1.82, 2.24) is 5.32 Å². The molecule has 0 aliphatic heterocycles. The largest absolute Gasteiger partial charge is 0.481 e. The van der Waals surface area contributed by atoms with E-state index in [9.17, 15) is 14.4 Å². The molecule has 6 heteroatoms. The van der Waals surface area contributed by atoms with Crippen LogP contribution in [0.5, 0.6) is 0 Å². The molecule has 0 saturated carbocycles. The van der Waals surface area contributed by atoms with Gasteiger partial charge in [-0.1, -0.05) is 18.9 Å². The van der Waals surface area contributed by atoms with E-state index >= 15 is 0 Å². The first-order chi connectivity index (χ1) is 8.36. The lowest BCUT2D eigenvalue weighted by molar-refractivity contribution is -0.142. The van der Waals surface area contributed by atoms with Gasteiger partial charge in [-0.25, -0.2) is 4.79 Å². The molecule has 0 fully saturated rings.